The van der Waals surface area contributed by atoms with Crippen LogP contribution in [0.1, 0.15) is 60.3 Å². The van der Waals surface area contributed by atoms with Gasteiger partial charge in [0.1, 0.15) is 0 Å². The molecule has 1 fully saturated rings. The summed E-state index contributed by atoms with van der Waals surface area (Å²) in [6.07, 6.45) is 4.41. The van der Waals surface area contributed by atoms with Gasteiger partial charge in [-0.25, -0.2) is 0 Å². The Bertz CT molecular complexity index is 563. The van der Waals surface area contributed by atoms with Crippen molar-refractivity contribution in [2.75, 3.05) is 13.1 Å². The van der Waals surface area contributed by atoms with Crippen LogP contribution in [0, 0.1) is 20.8 Å². The summed E-state index contributed by atoms with van der Waals surface area (Å²) in [6.45, 7) is 7.39. The molecule has 1 N–H and O–H groups in total. The third-order valence-electron chi connectivity index (χ3n) is 4.72. The minimum atomic E-state index is -0.914. The van der Waals surface area contributed by atoms with Gasteiger partial charge in [-0.3, -0.25) is 9.59 Å². The van der Waals surface area contributed by atoms with Gasteiger partial charge in [0.15, 0.2) is 0 Å². The summed E-state index contributed by atoms with van der Waals surface area (Å²) in [5.74, 6) is -1.70. The van der Waals surface area contributed by atoms with E-state index in [1.54, 1.807) is 0 Å². The topological polar surface area (TPSA) is 57.6 Å². The van der Waals surface area contributed by atoms with Crippen molar-refractivity contribution in [3.63, 3.8) is 0 Å². The Morgan fingerprint density at radius 1 is 1.04 bits per heavy atom. The molecule has 2 rings (SSSR count). The van der Waals surface area contributed by atoms with Crippen molar-refractivity contribution in [3.8, 4) is 0 Å². The molecule has 126 valence electrons. The number of aliphatic carboxylic acids is 1. The number of carbonyl (C=O) groups excluding carboxylic acids is 1. The molecule has 1 amide bonds. The molecule has 1 saturated heterocycles. The summed E-state index contributed by atoms with van der Waals surface area (Å²) in [4.78, 5) is 26.2. The second-order valence-corrected chi connectivity index (χ2v) is 6.70. The fourth-order valence-electron chi connectivity index (χ4n) is 3.68. The fraction of sp³-hybridized carbons (Fsp3) is 0.579. The molecule has 0 spiro atoms. The molecule has 1 atom stereocenters. The number of hydrogen-bond donors (Lipinski definition) is 1. The molecule has 1 unspecified atom stereocenters. The Labute approximate surface area is 138 Å². The molecule has 1 heterocycles. The molecule has 0 saturated carbocycles. The lowest BCUT2D eigenvalue weighted by atomic mass is 9.87. The van der Waals surface area contributed by atoms with Gasteiger partial charge >= 0.3 is 5.97 Å². The molecule has 23 heavy (non-hydrogen) atoms. The Balaban J connectivity index is 2.22. The molecule has 0 aromatic heterocycles. The van der Waals surface area contributed by atoms with Gasteiger partial charge in [-0.2, -0.15) is 0 Å². The van der Waals surface area contributed by atoms with Gasteiger partial charge in [0, 0.05) is 19.5 Å². The number of nitrogens with zero attached hydrogens (tertiary/aromatic N) is 1. The second kappa shape index (κ2) is 7.62. The van der Waals surface area contributed by atoms with Crippen LogP contribution in [-0.2, 0) is 9.59 Å². The van der Waals surface area contributed by atoms with Gasteiger partial charge in [0.2, 0.25) is 5.91 Å². The highest BCUT2D eigenvalue weighted by atomic mass is 16.4. The third-order valence-corrected chi connectivity index (χ3v) is 4.72. The average molecular weight is 317 g/mol. The van der Waals surface area contributed by atoms with Crippen molar-refractivity contribution in [2.24, 2.45) is 0 Å². The molecule has 1 aromatic rings. The van der Waals surface area contributed by atoms with Crippen molar-refractivity contribution in [2.45, 2.75) is 58.8 Å². The van der Waals surface area contributed by atoms with Crippen molar-refractivity contribution in [1.82, 2.24) is 4.90 Å². The Morgan fingerprint density at radius 3 is 2.04 bits per heavy atom. The summed E-state index contributed by atoms with van der Waals surface area (Å²) in [6, 6.07) is 3.99. The lowest BCUT2D eigenvalue weighted by Crippen LogP contribution is -2.34. The summed E-state index contributed by atoms with van der Waals surface area (Å²) in [7, 11) is 0. The highest BCUT2D eigenvalue weighted by Crippen LogP contribution is 2.29. The Kier molecular flexibility index (Phi) is 5.80. The van der Waals surface area contributed by atoms with Crippen LogP contribution in [0.15, 0.2) is 12.1 Å². The van der Waals surface area contributed by atoms with E-state index in [9.17, 15) is 14.7 Å². The molecule has 0 radical (unpaired) electrons. The smallest absolute Gasteiger partial charge is 0.311 e. The quantitative estimate of drug-likeness (QED) is 0.923. The van der Waals surface area contributed by atoms with E-state index >= 15 is 0 Å². The summed E-state index contributed by atoms with van der Waals surface area (Å²) in [5.41, 5.74) is 3.83. The molecular formula is C19H27NO3. The number of hydrogen-bond acceptors (Lipinski definition) is 2. The van der Waals surface area contributed by atoms with Crippen LogP contribution in [0.2, 0.25) is 0 Å². The van der Waals surface area contributed by atoms with Crippen LogP contribution in [0.3, 0.4) is 0 Å². The van der Waals surface area contributed by atoms with Gasteiger partial charge in [0.25, 0.3) is 0 Å². The molecule has 1 aliphatic heterocycles. The largest absolute Gasteiger partial charge is 0.481 e. The van der Waals surface area contributed by atoms with Crippen LogP contribution in [0.4, 0.5) is 0 Å². The monoisotopic (exact) mass is 317 g/mol. The first kappa shape index (κ1) is 17.5. The number of carboxylic acid groups (broad SMARTS) is 1. The predicted octanol–water partition coefficient (Wildman–Crippen LogP) is 3.57. The van der Waals surface area contributed by atoms with E-state index in [4.69, 9.17) is 0 Å². The summed E-state index contributed by atoms with van der Waals surface area (Å²) >= 11 is 0. The minimum Gasteiger partial charge on any atom is -0.481 e. The second-order valence-electron chi connectivity index (χ2n) is 6.70. The first-order chi connectivity index (χ1) is 10.9. The zero-order valence-electron chi connectivity index (χ0n) is 14.4. The molecule has 0 aliphatic carbocycles. The van der Waals surface area contributed by atoms with Crippen LogP contribution in [0.25, 0.3) is 0 Å². The number of carboxylic acids is 1. The number of carbonyl (C=O) groups is 2. The maximum atomic E-state index is 12.6. The normalized spacial score (nSPS) is 16.7. The van der Waals surface area contributed by atoms with Crippen LogP contribution < -0.4 is 0 Å². The van der Waals surface area contributed by atoms with E-state index in [1.807, 2.05) is 37.8 Å². The molecular weight excluding hydrogens is 290 g/mol. The Hall–Kier alpha value is -1.84. The van der Waals surface area contributed by atoms with E-state index in [0.29, 0.717) is 0 Å². The highest BCUT2D eigenvalue weighted by Gasteiger charge is 2.28. The maximum Gasteiger partial charge on any atom is 0.311 e. The van der Waals surface area contributed by atoms with Gasteiger partial charge in [-0.15, -0.1) is 0 Å². The van der Waals surface area contributed by atoms with Crippen molar-refractivity contribution < 1.29 is 14.7 Å². The molecule has 1 aromatic carbocycles. The molecule has 1 aliphatic rings. The lowest BCUT2D eigenvalue weighted by molar-refractivity contribution is -0.142. The first-order valence-electron chi connectivity index (χ1n) is 8.48. The van der Waals surface area contributed by atoms with Crippen LogP contribution >= 0.6 is 0 Å². The highest BCUT2D eigenvalue weighted by molar-refractivity contribution is 5.86. The molecule has 4 heteroatoms. The molecule has 0 bridgehead atoms. The Morgan fingerprint density at radius 2 is 1.57 bits per heavy atom. The lowest BCUT2D eigenvalue weighted by Gasteiger charge is -2.24. The van der Waals surface area contributed by atoms with E-state index in [-0.39, 0.29) is 12.3 Å². The number of likely N-dealkylation sites (tertiary alicyclic amines) is 1. The third kappa shape index (κ3) is 4.34. The van der Waals surface area contributed by atoms with Crippen molar-refractivity contribution >= 4 is 11.9 Å². The van der Waals surface area contributed by atoms with Gasteiger partial charge in [0.05, 0.1) is 5.92 Å². The fourth-order valence-corrected chi connectivity index (χ4v) is 3.68. The van der Waals surface area contributed by atoms with Crippen molar-refractivity contribution in [3.05, 3.63) is 34.4 Å². The molecule has 4 nitrogen and oxygen atoms in total. The van der Waals surface area contributed by atoms with Crippen LogP contribution in [-0.4, -0.2) is 35.0 Å². The number of benzene rings is 1. The van der Waals surface area contributed by atoms with E-state index in [0.717, 1.165) is 61.0 Å². The van der Waals surface area contributed by atoms with Crippen molar-refractivity contribution in [1.29, 1.82) is 0 Å². The predicted molar refractivity (Wildman–Crippen MR) is 90.7 cm³/mol. The van der Waals surface area contributed by atoms with E-state index < -0.39 is 11.9 Å². The number of rotatable bonds is 4. The zero-order valence-corrected chi connectivity index (χ0v) is 14.4. The van der Waals surface area contributed by atoms with Gasteiger partial charge < -0.3 is 10.0 Å². The van der Waals surface area contributed by atoms with E-state index in [2.05, 4.69) is 0 Å². The maximum absolute atomic E-state index is 12.6. The van der Waals surface area contributed by atoms with E-state index in [1.165, 1.54) is 0 Å². The number of aryl methyl sites for hydroxylation is 3. The zero-order chi connectivity index (χ0) is 17.0. The summed E-state index contributed by atoms with van der Waals surface area (Å²) < 4.78 is 0. The minimum absolute atomic E-state index is 0.0290. The van der Waals surface area contributed by atoms with Gasteiger partial charge in [-0.1, -0.05) is 30.5 Å². The first-order valence-corrected chi connectivity index (χ1v) is 8.48. The summed E-state index contributed by atoms with van der Waals surface area (Å²) in [5, 5.41) is 9.68. The number of amides is 1. The standard InChI is InChI=1S/C19H27NO3/c1-13-10-14(2)18(15(3)11-13)16(19(22)23)12-17(21)20-8-6-4-5-7-9-20/h10-11,16H,4-9,12H2,1-3H3,(H,22,23). The van der Waals surface area contributed by atoms with Crippen LogP contribution in [0.5, 0.6) is 0 Å². The SMILES string of the molecule is Cc1cc(C)c(C(CC(=O)N2CCCCCC2)C(=O)O)c(C)c1. The van der Waals surface area contributed by atoms with Gasteiger partial charge in [-0.05, 0) is 50.3 Å². The average Bonchev–Trinajstić information content (AvgIpc) is 2.73.